The van der Waals surface area contributed by atoms with Crippen LogP contribution in [0, 0.1) is 0 Å². The van der Waals surface area contributed by atoms with Crippen molar-refractivity contribution in [2.45, 2.75) is 61.8 Å². The van der Waals surface area contributed by atoms with E-state index in [0.29, 0.717) is 18.3 Å². The summed E-state index contributed by atoms with van der Waals surface area (Å²) in [5.41, 5.74) is -0.430. The first-order valence-corrected chi connectivity index (χ1v) is 9.33. The summed E-state index contributed by atoms with van der Waals surface area (Å²) in [5, 5.41) is 4.01. The van der Waals surface area contributed by atoms with E-state index in [9.17, 15) is 8.42 Å². The van der Waals surface area contributed by atoms with Crippen molar-refractivity contribution in [1.29, 1.82) is 0 Å². The molecule has 3 fully saturated rings. The standard InChI is InChI=1S/C14H21N3O4S/c1-20-14(5-2-6-14)12-15-11(21-16-12)10-17-9-3-4-13(7-8-13)22(17,18)19/h2-10H2,1H3. The van der Waals surface area contributed by atoms with Gasteiger partial charge < -0.3 is 9.26 Å². The lowest BCUT2D eigenvalue weighted by Crippen LogP contribution is -2.44. The van der Waals surface area contributed by atoms with Crippen LogP contribution in [0.15, 0.2) is 4.52 Å². The van der Waals surface area contributed by atoms with E-state index in [0.717, 1.165) is 44.9 Å². The van der Waals surface area contributed by atoms with E-state index in [1.54, 1.807) is 7.11 Å². The number of hydrogen-bond acceptors (Lipinski definition) is 6. The van der Waals surface area contributed by atoms with Gasteiger partial charge in [0.1, 0.15) is 5.60 Å². The Balaban J connectivity index is 1.53. The Kier molecular flexibility index (Phi) is 3.15. The molecular weight excluding hydrogens is 306 g/mol. The summed E-state index contributed by atoms with van der Waals surface area (Å²) in [6.45, 7) is 0.716. The molecule has 0 unspecified atom stereocenters. The fourth-order valence-corrected chi connectivity index (χ4v) is 5.80. The van der Waals surface area contributed by atoms with Gasteiger partial charge >= 0.3 is 0 Å². The highest BCUT2D eigenvalue weighted by molar-refractivity contribution is 7.90. The van der Waals surface area contributed by atoms with E-state index >= 15 is 0 Å². The second-order valence-corrected chi connectivity index (χ2v) is 9.02. The maximum Gasteiger partial charge on any atom is 0.242 e. The van der Waals surface area contributed by atoms with Crippen molar-refractivity contribution in [2.24, 2.45) is 0 Å². The first kappa shape index (κ1) is 14.6. The molecule has 3 aliphatic rings. The molecule has 7 nitrogen and oxygen atoms in total. The normalized spacial score (nSPS) is 28.4. The van der Waals surface area contributed by atoms with Gasteiger partial charge in [0.15, 0.2) is 0 Å². The van der Waals surface area contributed by atoms with Crippen LogP contribution in [0.3, 0.4) is 0 Å². The molecule has 0 bridgehead atoms. The van der Waals surface area contributed by atoms with Gasteiger partial charge in [-0.1, -0.05) is 5.16 Å². The van der Waals surface area contributed by atoms with Gasteiger partial charge in [0.25, 0.3) is 0 Å². The van der Waals surface area contributed by atoms with Crippen LogP contribution in [0.2, 0.25) is 0 Å². The highest BCUT2D eigenvalue weighted by Crippen LogP contribution is 2.51. The molecule has 0 N–H and O–H groups in total. The fourth-order valence-electron chi connectivity index (χ4n) is 3.58. The zero-order valence-electron chi connectivity index (χ0n) is 12.7. The quantitative estimate of drug-likeness (QED) is 0.834. The fraction of sp³-hybridized carbons (Fsp3) is 0.857. The SMILES string of the molecule is COC1(c2noc(CN3CCCC4(CC4)S3(=O)=O)n2)CCC1. The average Bonchev–Trinajstić information content (AvgIpc) is 3.09. The van der Waals surface area contributed by atoms with Crippen LogP contribution in [0.1, 0.15) is 56.7 Å². The Morgan fingerprint density at radius 2 is 2.00 bits per heavy atom. The number of nitrogens with zero attached hydrogens (tertiary/aromatic N) is 3. The maximum absolute atomic E-state index is 12.6. The van der Waals surface area contributed by atoms with Gasteiger partial charge in [-0.2, -0.15) is 9.29 Å². The number of hydrogen-bond donors (Lipinski definition) is 0. The number of aromatic nitrogens is 2. The number of rotatable bonds is 4. The molecule has 0 atom stereocenters. The molecule has 122 valence electrons. The van der Waals surface area contributed by atoms with Crippen molar-refractivity contribution in [2.75, 3.05) is 13.7 Å². The van der Waals surface area contributed by atoms with Crippen molar-refractivity contribution in [3.63, 3.8) is 0 Å². The third-order valence-electron chi connectivity index (χ3n) is 5.47. The minimum absolute atomic E-state index is 0.177. The molecule has 1 aromatic heterocycles. The zero-order chi connectivity index (χ0) is 15.4. The molecule has 1 saturated heterocycles. The summed E-state index contributed by atoms with van der Waals surface area (Å²) in [5.74, 6) is 0.909. The zero-order valence-corrected chi connectivity index (χ0v) is 13.6. The second kappa shape index (κ2) is 4.75. The summed E-state index contributed by atoms with van der Waals surface area (Å²) in [7, 11) is -1.58. The van der Waals surface area contributed by atoms with E-state index in [1.807, 2.05) is 0 Å². The molecule has 2 heterocycles. The van der Waals surface area contributed by atoms with Crippen LogP contribution in [0.5, 0.6) is 0 Å². The highest BCUT2D eigenvalue weighted by atomic mass is 32.2. The van der Waals surface area contributed by atoms with Crippen LogP contribution in [0.25, 0.3) is 0 Å². The summed E-state index contributed by atoms with van der Waals surface area (Å²) in [6, 6.07) is 0. The Bertz CT molecular complexity index is 671. The van der Waals surface area contributed by atoms with E-state index in [4.69, 9.17) is 9.26 Å². The molecule has 1 aliphatic heterocycles. The first-order valence-electron chi connectivity index (χ1n) is 7.89. The third-order valence-corrected chi connectivity index (χ3v) is 8.17. The van der Waals surface area contributed by atoms with Crippen LogP contribution < -0.4 is 0 Å². The van der Waals surface area contributed by atoms with Gasteiger partial charge in [0.05, 0.1) is 11.3 Å². The Morgan fingerprint density at radius 3 is 2.59 bits per heavy atom. The lowest BCUT2D eigenvalue weighted by atomic mass is 9.79. The Hall–Kier alpha value is -0.990. The Morgan fingerprint density at radius 1 is 1.23 bits per heavy atom. The van der Waals surface area contributed by atoms with E-state index in [-0.39, 0.29) is 6.54 Å². The van der Waals surface area contributed by atoms with E-state index in [1.165, 1.54) is 4.31 Å². The lowest BCUT2D eigenvalue weighted by molar-refractivity contribution is -0.0858. The highest BCUT2D eigenvalue weighted by Gasteiger charge is 2.58. The molecule has 0 amide bonds. The summed E-state index contributed by atoms with van der Waals surface area (Å²) >= 11 is 0. The van der Waals surface area contributed by atoms with Gasteiger partial charge in [-0.25, -0.2) is 8.42 Å². The average molecular weight is 327 g/mol. The molecule has 4 rings (SSSR count). The summed E-state index contributed by atoms with van der Waals surface area (Å²) in [6.07, 6.45) is 6.11. The second-order valence-electron chi connectivity index (χ2n) is 6.69. The van der Waals surface area contributed by atoms with Crippen LogP contribution in [-0.2, 0) is 26.9 Å². The first-order chi connectivity index (χ1) is 10.5. The van der Waals surface area contributed by atoms with Gasteiger partial charge in [0, 0.05) is 13.7 Å². The minimum Gasteiger partial charge on any atom is -0.370 e. The van der Waals surface area contributed by atoms with Crippen LogP contribution >= 0.6 is 0 Å². The van der Waals surface area contributed by atoms with Gasteiger partial charge in [-0.15, -0.1) is 0 Å². The van der Waals surface area contributed by atoms with Crippen molar-refractivity contribution in [3.8, 4) is 0 Å². The predicted octanol–water partition coefficient (Wildman–Crippen LogP) is 1.55. The smallest absolute Gasteiger partial charge is 0.242 e. The van der Waals surface area contributed by atoms with Crippen molar-refractivity contribution < 1.29 is 17.7 Å². The van der Waals surface area contributed by atoms with E-state index < -0.39 is 20.4 Å². The molecule has 0 radical (unpaired) electrons. The molecule has 1 aromatic rings. The molecule has 1 spiro atoms. The lowest BCUT2D eigenvalue weighted by Gasteiger charge is -2.37. The maximum atomic E-state index is 12.6. The molecule has 2 aliphatic carbocycles. The van der Waals surface area contributed by atoms with Crippen molar-refractivity contribution >= 4 is 10.0 Å². The van der Waals surface area contributed by atoms with Gasteiger partial charge in [0.2, 0.25) is 21.7 Å². The molecular formula is C14H21N3O4S. The van der Waals surface area contributed by atoms with E-state index in [2.05, 4.69) is 10.1 Å². The number of methoxy groups -OCH3 is 1. The molecule has 0 aromatic carbocycles. The number of sulfonamides is 1. The van der Waals surface area contributed by atoms with Crippen molar-refractivity contribution in [1.82, 2.24) is 14.4 Å². The van der Waals surface area contributed by atoms with Gasteiger partial charge in [-0.3, -0.25) is 0 Å². The molecule has 2 saturated carbocycles. The van der Waals surface area contributed by atoms with Crippen molar-refractivity contribution in [3.05, 3.63) is 11.7 Å². The van der Waals surface area contributed by atoms with Gasteiger partial charge in [-0.05, 0) is 44.9 Å². The summed E-state index contributed by atoms with van der Waals surface area (Å²) in [4.78, 5) is 4.39. The monoisotopic (exact) mass is 327 g/mol. The molecule has 8 heteroatoms. The Labute approximate surface area is 130 Å². The predicted molar refractivity (Wildman–Crippen MR) is 77.4 cm³/mol. The van der Waals surface area contributed by atoms with Crippen LogP contribution in [0.4, 0.5) is 0 Å². The number of ether oxygens (including phenoxy) is 1. The molecule has 22 heavy (non-hydrogen) atoms. The topological polar surface area (TPSA) is 85.5 Å². The summed E-state index contributed by atoms with van der Waals surface area (Å²) < 4.78 is 37.1. The largest absolute Gasteiger partial charge is 0.370 e. The minimum atomic E-state index is -3.24. The van der Waals surface area contributed by atoms with Crippen LogP contribution in [-0.4, -0.2) is 41.3 Å². The third kappa shape index (κ3) is 1.97.